The highest BCUT2D eigenvalue weighted by Gasteiger charge is 2.17. The first-order valence-corrected chi connectivity index (χ1v) is 18.8. The van der Waals surface area contributed by atoms with Crippen molar-refractivity contribution in [1.82, 2.24) is 34.9 Å². The molecule has 0 radical (unpaired) electrons. The summed E-state index contributed by atoms with van der Waals surface area (Å²) in [6.07, 6.45) is 0. The summed E-state index contributed by atoms with van der Waals surface area (Å²) < 4.78 is 12.1. The van der Waals surface area contributed by atoms with E-state index in [1.807, 2.05) is 158 Å². The van der Waals surface area contributed by atoms with Gasteiger partial charge < -0.3 is 8.83 Å². The van der Waals surface area contributed by atoms with Crippen molar-refractivity contribution >= 4 is 33.1 Å². The number of hydrogen-bond acceptors (Lipinski definition) is 9. The Morgan fingerprint density at radius 2 is 0.707 bits per heavy atom. The molecule has 0 saturated heterocycles. The zero-order chi connectivity index (χ0) is 38.4. The predicted molar refractivity (Wildman–Crippen MR) is 226 cm³/mol. The van der Waals surface area contributed by atoms with E-state index in [0.29, 0.717) is 35.1 Å². The summed E-state index contributed by atoms with van der Waals surface area (Å²) in [6, 6.07) is 57.6. The third-order valence-electron chi connectivity index (χ3n) is 10.0. The highest BCUT2D eigenvalue weighted by Crippen LogP contribution is 2.33. The highest BCUT2D eigenvalue weighted by atomic mass is 16.4. The van der Waals surface area contributed by atoms with Crippen LogP contribution in [0.25, 0.3) is 113 Å². The summed E-state index contributed by atoms with van der Waals surface area (Å²) in [5, 5.41) is 0.990. The Labute approximate surface area is 331 Å². The van der Waals surface area contributed by atoms with Gasteiger partial charge in [0.05, 0.1) is 11.2 Å². The van der Waals surface area contributed by atoms with E-state index >= 15 is 0 Å². The minimum Gasteiger partial charge on any atom is -0.436 e. The molecule has 0 aliphatic carbocycles. The number of para-hydroxylation sites is 5. The molecule has 4 heterocycles. The van der Waals surface area contributed by atoms with Gasteiger partial charge in [-0.2, -0.15) is 0 Å². The Hall–Kier alpha value is -8.17. The summed E-state index contributed by atoms with van der Waals surface area (Å²) in [5.74, 6) is 3.26. The van der Waals surface area contributed by atoms with Crippen LogP contribution >= 0.6 is 0 Å². The van der Waals surface area contributed by atoms with Crippen molar-refractivity contribution in [2.24, 2.45) is 0 Å². The van der Waals surface area contributed by atoms with Gasteiger partial charge in [-0.1, -0.05) is 115 Å². The molecule has 0 N–H and O–H groups in total. The average Bonchev–Trinajstić information content (AvgIpc) is 3.94. The van der Waals surface area contributed by atoms with Crippen molar-refractivity contribution < 1.29 is 8.83 Å². The van der Waals surface area contributed by atoms with Crippen LogP contribution in [0, 0.1) is 0 Å². The Kier molecular flexibility index (Phi) is 7.92. The van der Waals surface area contributed by atoms with Gasteiger partial charge in [-0.25, -0.2) is 34.9 Å². The van der Waals surface area contributed by atoms with Crippen molar-refractivity contribution in [2.45, 2.75) is 0 Å². The number of rotatable bonds is 7. The molecule has 4 aromatic heterocycles. The molecule has 0 aliphatic heterocycles. The number of fused-ring (bicyclic) bond motifs is 3. The second-order valence-corrected chi connectivity index (χ2v) is 13.8. The van der Waals surface area contributed by atoms with Crippen LogP contribution in [0.3, 0.4) is 0 Å². The van der Waals surface area contributed by atoms with E-state index in [9.17, 15) is 0 Å². The second kappa shape index (κ2) is 13.8. The van der Waals surface area contributed by atoms with E-state index in [2.05, 4.69) is 28.2 Å². The fourth-order valence-corrected chi connectivity index (χ4v) is 7.10. The maximum atomic E-state index is 6.04. The molecule has 9 nitrogen and oxygen atoms in total. The minimum absolute atomic E-state index is 0.511. The minimum atomic E-state index is 0.511. The monoisotopic (exact) mass is 747 g/mol. The van der Waals surface area contributed by atoms with Gasteiger partial charge in [-0.15, -0.1) is 0 Å². The zero-order valence-electron chi connectivity index (χ0n) is 30.7. The molecule has 0 saturated carbocycles. The van der Waals surface area contributed by atoms with E-state index in [4.69, 9.17) is 33.8 Å². The maximum absolute atomic E-state index is 6.04. The third kappa shape index (κ3) is 6.13. The summed E-state index contributed by atoms with van der Waals surface area (Å²) in [7, 11) is 0. The summed E-state index contributed by atoms with van der Waals surface area (Å²) in [4.78, 5) is 34.6. The lowest BCUT2D eigenvalue weighted by atomic mass is 10.0. The number of oxazole rings is 2. The van der Waals surface area contributed by atoms with Gasteiger partial charge in [0.15, 0.2) is 34.5 Å². The molecule has 0 aliphatic rings. The summed E-state index contributed by atoms with van der Waals surface area (Å²) in [5.41, 5.74) is 10.8. The Morgan fingerprint density at radius 1 is 0.276 bits per heavy atom. The fourth-order valence-electron chi connectivity index (χ4n) is 7.10. The standard InChI is InChI=1S/C49H29N7O2/c1-2-11-30(12-3-1)43-37-15-4-5-16-38(37)50-46(53-43)35-13-10-14-36(29-35)47-55-44(31-21-25-33(26-22-31)48-51-39-17-6-8-19-41(39)57-48)54-45(56-47)32-23-27-34(28-24-32)49-52-40-18-7-9-20-42(40)58-49/h1-29H. The quantitative estimate of drug-likeness (QED) is 0.157. The van der Waals surface area contributed by atoms with Crippen LogP contribution in [-0.2, 0) is 0 Å². The average molecular weight is 748 g/mol. The molecule has 0 atom stereocenters. The molecule has 0 bridgehead atoms. The first-order chi connectivity index (χ1) is 28.7. The largest absolute Gasteiger partial charge is 0.436 e. The van der Waals surface area contributed by atoms with Crippen LogP contribution in [0.15, 0.2) is 185 Å². The van der Waals surface area contributed by atoms with Crippen LogP contribution in [-0.4, -0.2) is 34.9 Å². The molecular weight excluding hydrogens is 719 g/mol. The molecule has 0 amide bonds. The van der Waals surface area contributed by atoms with Crippen LogP contribution in [0.2, 0.25) is 0 Å². The van der Waals surface area contributed by atoms with Crippen molar-refractivity contribution in [2.75, 3.05) is 0 Å². The van der Waals surface area contributed by atoms with Crippen LogP contribution in [0.1, 0.15) is 0 Å². The molecule has 11 rings (SSSR count). The first-order valence-electron chi connectivity index (χ1n) is 18.8. The van der Waals surface area contributed by atoms with Crippen LogP contribution in [0.4, 0.5) is 0 Å². The molecule has 0 spiro atoms. The lowest BCUT2D eigenvalue weighted by Gasteiger charge is -2.11. The Balaban J connectivity index is 1.01. The van der Waals surface area contributed by atoms with E-state index < -0.39 is 0 Å². The van der Waals surface area contributed by atoms with Gasteiger partial charge in [-0.05, 0) is 60.7 Å². The third-order valence-corrected chi connectivity index (χ3v) is 10.0. The topological polar surface area (TPSA) is 117 Å². The van der Waals surface area contributed by atoms with E-state index in [1.165, 1.54) is 0 Å². The van der Waals surface area contributed by atoms with Crippen molar-refractivity contribution in [1.29, 1.82) is 0 Å². The Morgan fingerprint density at radius 3 is 1.26 bits per heavy atom. The van der Waals surface area contributed by atoms with E-state index in [-0.39, 0.29) is 0 Å². The normalized spacial score (nSPS) is 11.4. The van der Waals surface area contributed by atoms with Gasteiger partial charge in [0.25, 0.3) is 0 Å². The van der Waals surface area contributed by atoms with Crippen molar-refractivity contribution in [3.63, 3.8) is 0 Å². The van der Waals surface area contributed by atoms with Gasteiger partial charge in [0, 0.05) is 44.3 Å². The van der Waals surface area contributed by atoms with E-state index in [1.54, 1.807) is 0 Å². The fraction of sp³-hybridized carbons (Fsp3) is 0. The number of hydrogen-bond donors (Lipinski definition) is 0. The highest BCUT2D eigenvalue weighted by molar-refractivity contribution is 5.93. The molecule has 9 heteroatoms. The molecule has 0 unspecified atom stereocenters. The summed E-state index contributed by atoms with van der Waals surface area (Å²) >= 11 is 0. The number of benzene rings is 7. The summed E-state index contributed by atoms with van der Waals surface area (Å²) in [6.45, 7) is 0. The van der Waals surface area contributed by atoms with Gasteiger partial charge in [0.2, 0.25) is 11.8 Å². The smallest absolute Gasteiger partial charge is 0.227 e. The number of aromatic nitrogens is 7. The van der Waals surface area contributed by atoms with Crippen molar-refractivity contribution in [3.8, 4) is 79.7 Å². The maximum Gasteiger partial charge on any atom is 0.227 e. The SMILES string of the molecule is c1ccc(-c2nc(-c3cccc(-c4nc(-c5ccc(-c6nc7ccccc7o6)cc5)nc(-c5ccc(-c6nc7ccccc7o6)cc5)n4)c3)nc3ccccc23)cc1. The van der Waals surface area contributed by atoms with E-state index in [0.717, 1.165) is 77.7 Å². The van der Waals surface area contributed by atoms with Crippen LogP contribution < -0.4 is 0 Å². The van der Waals surface area contributed by atoms with Crippen molar-refractivity contribution in [3.05, 3.63) is 176 Å². The number of nitrogens with zero attached hydrogens (tertiary/aromatic N) is 7. The Bertz CT molecular complexity index is 3080. The molecule has 11 aromatic rings. The predicted octanol–water partition coefficient (Wildman–Crippen LogP) is 11.8. The van der Waals surface area contributed by atoms with Gasteiger partial charge in [0.1, 0.15) is 11.0 Å². The molecular formula is C49H29N7O2. The first kappa shape index (κ1) is 33.2. The second-order valence-electron chi connectivity index (χ2n) is 13.8. The van der Waals surface area contributed by atoms with Crippen LogP contribution in [0.5, 0.6) is 0 Å². The lowest BCUT2D eigenvalue weighted by Crippen LogP contribution is -2.01. The molecule has 7 aromatic carbocycles. The van der Waals surface area contributed by atoms with Gasteiger partial charge >= 0.3 is 0 Å². The lowest BCUT2D eigenvalue weighted by molar-refractivity contribution is 0.619. The molecule has 0 fully saturated rings. The molecule has 272 valence electrons. The molecule has 58 heavy (non-hydrogen) atoms. The zero-order valence-corrected chi connectivity index (χ0v) is 30.7. The van der Waals surface area contributed by atoms with Gasteiger partial charge in [-0.3, -0.25) is 0 Å².